The zero-order valence-corrected chi connectivity index (χ0v) is 17.3. The zero-order chi connectivity index (χ0) is 17.5. The lowest BCUT2D eigenvalue weighted by Gasteiger charge is -2.41. The van der Waals surface area contributed by atoms with E-state index >= 15 is 0 Å². The van der Waals surface area contributed by atoms with E-state index in [2.05, 4.69) is 65.8 Å². The second-order valence-electron chi connectivity index (χ2n) is 8.19. The Hall–Kier alpha value is -1.34. The lowest BCUT2D eigenvalue weighted by atomic mass is 10.1. The summed E-state index contributed by atoms with van der Waals surface area (Å²) in [5, 5.41) is 3.51. The van der Waals surface area contributed by atoms with Gasteiger partial charge in [0.2, 0.25) is 0 Å². The van der Waals surface area contributed by atoms with Crippen LogP contribution in [0.5, 0.6) is 0 Å². The van der Waals surface area contributed by atoms with Gasteiger partial charge in [-0.2, -0.15) is 0 Å². The van der Waals surface area contributed by atoms with Crippen molar-refractivity contribution < 1.29 is 0 Å². The zero-order valence-electron chi connectivity index (χ0n) is 16.3. The Morgan fingerprint density at radius 3 is 1.21 bits per heavy atom. The van der Waals surface area contributed by atoms with Crippen LogP contribution in [0.15, 0.2) is 24.3 Å². The van der Waals surface area contributed by atoms with Gasteiger partial charge in [0.1, 0.15) is 8.07 Å². The van der Waals surface area contributed by atoms with Crippen LogP contribution in [0.4, 0.5) is 0 Å². The van der Waals surface area contributed by atoms with Crippen molar-refractivity contribution in [3.8, 4) is 0 Å². The normalized spacial score (nSPS) is 17.1. The SMILES string of the molecule is Cc1cc(C)c([Si]2(c3c(C)cc(C)cc3C)CCCCC2)c(C)c1. The molecule has 128 valence electrons. The number of hydrogen-bond donors (Lipinski definition) is 0. The van der Waals surface area contributed by atoms with E-state index in [9.17, 15) is 0 Å². The van der Waals surface area contributed by atoms with Crippen molar-refractivity contribution in [1.29, 1.82) is 0 Å². The highest BCUT2D eigenvalue weighted by Gasteiger charge is 2.42. The average Bonchev–Trinajstić information content (AvgIpc) is 2.45. The summed E-state index contributed by atoms with van der Waals surface area (Å²) in [5.41, 5.74) is 8.99. The minimum Gasteiger partial charge on any atom is -0.0565 e. The van der Waals surface area contributed by atoms with Crippen LogP contribution >= 0.6 is 0 Å². The third-order valence-electron chi connectivity index (χ3n) is 6.02. The molecular weight excluding hydrogens is 304 g/mol. The molecule has 24 heavy (non-hydrogen) atoms. The number of hydrogen-bond acceptors (Lipinski definition) is 0. The van der Waals surface area contributed by atoms with Crippen LogP contribution in [0.1, 0.15) is 52.6 Å². The van der Waals surface area contributed by atoms with E-state index in [0.29, 0.717) is 0 Å². The predicted octanol–water partition coefficient (Wildman–Crippen LogP) is 5.28. The van der Waals surface area contributed by atoms with Crippen molar-refractivity contribution in [2.75, 3.05) is 0 Å². The smallest absolute Gasteiger partial charge is 0.0565 e. The minimum absolute atomic E-state index is 1.41. The maximum atomic E-state index is 2.42. The van der Waals surface area contributed by atoms with Gasteiger partial charge >= 0.3 is 0 Å². The van der Waals surface area contributed by atoms with E-state index in [0.717, 1.165) is 0 Å². The van der Waals surface area contributed by atoms with Crippen molar-refractivity contribution in [3.63, 3.8) is 0 Å². The molecule has 1 aliphatic heterocycles. The Bertz CT molecular complexity index is 658. The molecular formula is C23H32Si. The molecule has 0 spiro atoms. The van der Waals surface area contributed by atoms with E-state index in [-0.39, 0.29) is 0 Å². The molecule has 0 amide bonds. The van der Waals surface area contributed by atoms with Crippen LogP contribution in [0.2, 0.25) is 12.1 Å². The van der Waals surface area contributed by atoms with Crippen molar-refractivity contribution in [2.24, 2.45) is 0 Å². The molecule has 1 aliphatic rings. The van der Waals surface area contributed by atoms with Gasteiger partial charge in [0.25, 0.3) is 0 Å². The first-order valence-electron chi connectivity index (χ1n) is 9.52. The molecule has 0 bridgehead atoms. The molecule has 1 saturated heterocycles. The van der Waals surface area contributed by atoms with Gasteiger partial charge in [-0.25, -0.2) is 0 Å². The summed E-state index contributed by atoms with van der Waals surface area (Å²) in [7, 11) is -1.66. The van der Waals surface area contributed by atoms with Crippen LogP contribution in [-0.4, -0.2) is 8.07 Å². The highest BCUT2D eigenvalue weighted by molar-refractivity contribution is 7.03. The lowest BCUT2D eigenvalue weighted by molar-refractivity contribution is 0.719. The molecule has 0 radical (unpaired) electrons. The van der Waals surface area contributed by atoms with Gasteiger partial charge < -0.3 is 0 Å². The first kappa shape index (κ1) is 17.5. The molecule has 0 unspecified atom stereocenters. The van der Waals surface area contributed by atoms with E-state index in [4.69, 9.17) is 0 Å². The van der Waals surface area contributed by atoms with Gasteiger partial charge in [0, 0.05) is 0 Å². The Labute approximate surface area is 149 Å². The maximum absolute atomic E-state index is 2.42. The molecule has 0 saturated carbocycles. The summed E-state index contributed by atoms with van der Waals surface area (Å²) in [6, 6.07) is 12.6. The topological polar surface area (TPSA) is 0 Å². The molecule has 0 aliphatic carbocycles. The van der Waals surface area contributed by atoms with Crippen molar-refractivity contribution in [1.82, 2.24) is 0 Å². The molecule has 0 aromatic heterocycles. The van der Waals surface area contributed by atoms with E-state index in [1.54, 1.807) is 32.6 Å². The highest BCUT2D eigenvalue weighted by atomic mass is 28.3. The Morgan fingerprint density at radius 1 is 0.542 bits per heavy atom. The summed E-state index contributed by atoms with van der Waals surface area (Å²) >= 11 is 0. The predicted molar refractivity (Wildman–Crippen MR) is 110 cm³/mol. The second-order valence-corrected chi connectivity index (χ2v) is 12.4. The standard InChI is InChI=1S/C23H32Si/c1-16-12-18(3)22(19(4)13-16)24(10-8-7-9-11-24)23-20(5)14-17(2)15-21(23)6/h12-15H,7-11H2,1-6H3. The fourth-order valence-electron chi connectivity index (χ4n) is 5.65. The Morgan fingerprint density at radius 2 is 0.875 bits per heavy atom. The monoisotopic (exact) mass is 336 g/mol. The summed E-state index contributed by atoms with van der Waals surface area (Å²) in [6.45, 7) is 13.9. The molecule has 1 heterocycles. The summed E-state index contributed by atoms with van der Waals surface area (Å²) < 4.78 is 0. The third-order valence-corrected chi connectivity index (χ3v) is 11.9. The van der Waals surface area contributed by atoms with Crippen molar-refractivity contribution in [2.45, 2.75) is 72.9 Å². The molecule has 0 atom stereocenters. The molecule has 2 aromatic carbocycles. The lowest BCUT2D eigenvalue weighted by Crippen LogP contribution is -2.62. The summed E-state index contributed by atoms with van der Waals surface area (Å²) in [4.78, 5) is 0. The molecule has 0 N–H and O–H groups in total. The summed E-state index contributed by atoms with van der Waals surface area (Å²) in [6.07, 6.45) is 4.24. The second kappa shape index (κ2) is 6.52. The van der Waals surface area contributed by atoms with Gasteiger partial charge in [-0.1, -0.05) is 76.9 Å². The average molecular weight is 337 g/mol. The Balaban J connectivity index is 2.32. The van der Waals surface area contributed by atoms with Gasteiger partial charge in [0.15, 0.2) is 0 Å². The van der Waals surface area contributed by atoms with Gasteiger partial charge in [0.05, 0.1) is 0 Å². The van der Waals surface area contributed by atoms with E-state index in [1.807, 2.05) is 0 Å². The fraction of sp³-hybridized carbons (Fsp3) is 0.478. The van der Waals surface area contributed by atoms with E-state index in [1.165, 1.54) is 42.5 Å². The quantitative estimate of drug-likeness (QED) is 0.654. The Kier molecular flexibility index (Phi) is 4.75. The first-order chi connectivity index (χ1) is 11.3. The molecule has 0 nitrogen and oxygen atoms in total. The van der Waals surface area contributed by atoms with Crippen LogP contribution < -0.4 is 10.4 Å². The fourth-order valence-corrected chi connectivity index (χ4v) is 12.2. The number of benzene rings is 2. The largest absolute Gasteiger partial charge is 0.119 e. The maximum Gasteiger partial charge on any atom is 0.119 e. The molecule has 1 fully saturated rings. The van der Waals surface area contributed by atoms with Crippen LogP contribution in [0.25, 0.3) is 0 Å². The van der Waals surface area contributed by atoms with Crippen molar-refractivity contribution >= 4 is 18.4 Å². The molecule has 3 rings (SSSR count). The van der Waals surface area contributed by atoms with Gasteiger partial charge in [-0.15, -0.1) is 0 Å². The highest BCUT2D eigenvalue weighted by Crippen LogP contribution is 2.32. The molecule has 2 aromatic rings. The van der Waals surface area contributed by atoms with Crippen LogP contribution in [0.3, 0.4) is 0 Å². The van der Waals surface area contributed by atoms with E-state index < -0.39 is 8.07 Å². The van der Waals surface area contributed by atoms with Crippen molar-refractivity contribution in [3.05, 3.63) is 57.6 Å². The number of aryl methyl sites for hydroxylation is 6. The van der Waals surface area contributed by atoms with Crippen LogP contribution in [0, 0.1) is 41.5 Å². The number of rotatable bonds is 2. The summed E-state index contributed by atoms with van der Waals surface area (Å²) in [5.74, 6) is 0. The third kappa shape index (κ3) is 2.88. The molecule has 1 heteroatoms. The van der Waals surface area contributed by atoms with Gasteiger partial charge in [-0.05, 0) is 64.0 Å². The minimum atomic E-state index is -1.66. The van der Waals surface area contributed by atoms with Crippen LogP contribution in [-0.2, 0) is 0 Å². The first-order valence-corrected chi connectivity index (χ1v) is 11.9. The van der Waals surface area contributed by atoms with Gasteiger partial charge in [-0.3, -0.25) is 0 Å².